The van der Waals surface area contributed by atoms with Crippen molar-refractivity contribution in [3.63, 3.8) is 0 Å². The van der Waals surface area contributed by atoms with Crippen LogP contribution in [0.1, 0.15) is 25.3 Å². The van der Waals surface area contributed by atoms with E-state index in [9.17, 15) is 28.0 Å². The van der Waals surface area contributed by atoms with Crippen LogP contribution >= 0.6 is 11.3 Å². The summed E-state index contributed by atoms with van der Waals surface area (Å²) in [5.74, 6) is -1.17. The minimum Gasteiger partial charge on any atom is -0.360 e. The number of alkyl halides is 3. The molecule has 0 atom stereocenters. The van der Waals surface area contributed by atoms with Gasteiger partial charge in [0.2, 0.25) is 0 Å². The highest BCUT2D eigenvalue weighted by Gasteiger charge is 2.28. The van der Waals surface area contributed by atoms with Crippen LogP contribution in [0.25, 0.3) is 11.8 Å². The molecule has 1 aromatic carbocycles. The van der Waals surface area contributed by atoms with E-state index in [-0.39, 0.29) is 15.7 Å². The molecule has 11 heteroatoms. The maximum atomic E-state index is 12.8. The standard InChI is InChI=1S/C23H26F3N5O2S/c1-2-31-21(33)19(34-22(31)18(13-27)20(32)29-15-23(24,25)26)14-28-17-7-5-6-16(12-17)8-11-30-9-3-4-10-30/h5-7,12,14,28H,2-4,8-11,15H2,1H3,(H,29,32)/b19-14+,22-18+. The number of nitrogens with one attached hydrogen (secondary N) is 2. The molecule has 2 aromatic rings. The van der Waals surface area contributed by atoms with Gasteiger partial charge in [0, 0.05) is 25.0 Å². The Labute approximate surface area is 198 Å². The Morgan fingerprint density at radius 2 is 2.03 bits per heavy atom. The molecule has 3 rings (SSSR count). The smallest absolute Gasteiger partial charge is 0.360 e. The van der Waals surface area contributed by atoms with Gasteiger partial charge in [0.15, 0.2) is 5.57 Å². The van der Waals surface area contributed by atoms with Gasteiger partial charge < -0.3 is 15.5 Å². The predicted molar refractivity (Wildman–Crippen MR) is 125 cm³/mol. The van der Waals surface area contributed by atoms with Crippen molar-refractivity contribution in [1.29, 1.82) is 5.26 Å². The maximum Gasteiger partial charge on any atom is 0.405 e. The number of anilines is 1. The fourth-order valence-electron chi connectivity index (χ4n) is 3.72. The fraction of sp³-hybridized carbons (Fsp3) is 0.435. The number of hydrogen-bond acceptors (Lipinski definition) is 6. The van der Waals surface area contributed by atoms with Gasteiger partial charge in [0.05, 0.1) is 0 Å². The van der Waals surface area contributed by atoms with Crippen LogP contribution in [-0.4, -0.2) is 47.7 Å². The summed E-state index contributed by atoms with van der Waals surface area (Å²) < 4.78 is 38.8. The van der Waals surface area contributed by atoms with Crippen molar-refractivity contribution >= 4 is 34.7 Å². The highest BCUT2D eigenvalue weighted by molar-refractivity contribution is 7.07. The quantitative estimate of drug-likeness (QED) is 0.585. The molecule has 1 aliphatic heterocycles. The van der Waals surface area contributed by atoms with E-state index in [0.29, 0.717) is 0 Å². The third-order valence-corrected chi connectivity index (χ3v) is 6.57. The van der Waals surface area contributed by atoms with E-state index in [1.54, 1.807) is 18.3 Å². The summed E-state index contributed by atoms with van der Waals surface area (Å²) in [6, 6.07) is 9.46. The first-order valence-electron chi connectivity index (χ1n) is 11.0. The van der Waals surface area contributed by atoms with Crippen LogP contribution in [0, 0.1) is 11.3 Å². The van der Waals surface area contributed by atoms with Crippen LogP contribution in [0.3, 0.4) is 0 Å². The van der Waals surface area contributed by atoms with Crippen LogP contribution in [-0.2, 0) is 17.8 Å². The molecule has 1 aliphatic rings. The Hall–Kier alpha value is -3.10. The first-order chi connectivity index (χ1) is 16.2. The summed E-state index contributed by atoms with van der Waals surface area (Å²) in [5, 5.41) is 14.2. The average molecular weight is 494 g/mol. The molecule has 1 amide bonds. The molecule has 0 saturated carbocycles. The number of carbonyl (C=O) groups is 1. The maximum absolute atomic E-state index is 12.8. The molecule has 0 aliphatic carbocycles. The second-order valence-corrected chi connectivity index (χ2v) is 8.92. The zero-order valence-corrected chi connectivity index (χ0v) is 19.6. The first-order valence-corrected chi connectivity index (χ1v) is 11.8. The lowest BCUT2D eigenvalue weighted by atomic mass is 10.1. The molecule has 1 aromatic heterocycles. The minimum atomic E-state index is -4.61. The second kappa shape index (κ2) is 11.4. The van der Waals surface area contributed by atoms with Crippen molar-refractivity contribution in [2.24, 2.45) is 0 Å². The van der Waals surface area contributed by atoms with E-state index >= 15 is 0 Å². The Morgan fingerprint density at radius 1 is 1.29 bits per heavy atom. The number of nitriles is 1. The lowest BCUT2D eigenvalue weighted by Crippen LogP contribution is -2.37. The van der Waals surface area contributed by atoms with Crippen LogP contribution in [0.15, 0.2) is 29.1 Å². The van der Waals surface area contributed by atoms with Gasteiger partial charge in [-0.3, -0.25) is 14.2 Å². The van der Waals surface area contributed by atoms with Gasteiger partial charge in [-0.25, -0.2) is 0 Å². The molecule has 34 heavy (non-hydrogen) atoms. The summed E-state index contributed by atoms with van der Waals surface area (Å²) in [6.45, 7) is 3.50. The Balaban J connectivity index is 1.84. The average Bonchev–Trinajstić information content (AvgIpc) is 3.43. The fourth-order valence-corrected chi connectivity index (χ4v) is 4.80. The summed E-state index contributed by atoms with van der Waals surface area (Å²) in [4.78, 5) is 27.4. The molecule has 0 unspecified atom stereocenters. The Bertz CT molecular complexity index is 1240. The number of halogens is 3. The van der Waals surface area contributed by atoms with Crippen molar-refractivity contribution < 1.29 is 18.0 Å². The monoisotopic (exact) mass is 493 g/mol. The van der Waals surface area contributed by atoms with Gasteiger partial charge in [-0.2, -0.15) is 18.4 Å². The van der Waals surface area contributed by atoms with E-state index in [1.165, 1.54) is 23.6 Å². The Morgan fingerprint density at radius 3 is 2.68 bits per heavy atom. The summed E-state index contributed by atoms with van der Waals surface area (Å²) in [7, 11) is 0. The molecule has 0 bridgehead atoms. The molecular weight excluding hydrogens is 467 g/mol. The molecule has 0 spiro atoms. The highest BCUT2D eigenvalue weighted by atomic mass is 32.1. The normalized spacial score (nSPS) is 15.8. The minimum absolute atomic E-state index is 0.0158. The molecule has 1 saturated heterocycles. The third kappa shape index (κ3) is 6.71. The van der Waals surface area contributed by atoms with E-state index in [0.717, 1.165) is 48.6 Å². The highest BCUT2D eigenvalue weighted by Crippen LogP contribution is 2.14. The van der Waals surface area contributed by atoms with Gasteiger partial charge in [-0.05, 0) is 57.0 Å². The van der Waals surface area contributed by atoms with E-state index in [4.69, 9.17) is 0 Å². The molecule has 2 heterocycles. The largest absolute Gasteiger partial charge is 0.405 e. The van der Waals surface area contributed by atoms with E-state index in [1.807, 2.05) is 24.3 Å². The second-order valence-electron chi connectivity index (χ2n) is 7.89. The molecule has 1 fully saturated rings. The van der Waals surface area contributed by atoms with Gasteiger partial charge >= 0.3 is 6.18 Å². The van der Waals surface area contributed by atoms with Gasteiger partial charge in [-0.15, -0.1) is 11.3 Å². The van der Waals surface area contributed by atoms with E-state index in [2.05, 4.69) is 10.2 Å². The number of benzene rings is 1. The van der Waals surface area contributed by atoms with Crippen LogP contribution in [0.2, 0.25) is 0 Å². The number of hydrogen-bond donors (Lipinski definition) is 2. The van der Waals surface area contributed by atoms with Crippen molar-refractivity contribution in [1.82, 2.24) is 14.8 Å². The molecule has 182 valence electrons. The topological polar surface area (TPSA) is 90.2 Å². The number of likely N-dealkylation sites (tertiary alicyclic amines) is 1. The first kappa shape index (κ1) is 25.5. The number of rotatable bonds is 8. The number of thiazole rings is 1. The molecular formula is C23H26F3N5O2S. The lowest BCUT2D eigenvalue weighted by molar-refractivity contribution is -0.135. The van der Waals surface area contributed by atoms with Crippen molar-refractivity contribution in [3.05, 3.63) is 49.4 Å². The zero-order chi connectivity index (χ0) is 24.7. The third-order valence-electron chi connectivity index (χ3n) is 5.44. The SMILES string of the molecule is CCn1c(=O)/c(=C\Nc2cccc(CCN3CCCC3)c2)s/c1=C(\C#N)C(=O)NCC(F)(F)F. The van der Waals surface area contributed by atoms with E-state index < -0.39 is 29.8 Å². The van der Waals surface area contributed by atoms with Crippen molar-refractivity contribution in [2.45, 2.75) is 38.9 Å². The number of amides is 1. The van der Waals surface area contributed by atoms with Gasteiger partial charge in [0.25, 0.3) is 11.5 Å². The van der Waals surface area contributed by atoms with Crippen LogP contribution < -0.4 is 25.4 Å². The summed E-state index contributed by atoms with van der Waals surface area (Å²) in [5.41, 5.74) is 0.974. The van der Waals surface area contributed by atoms with Crippen LogP contribution in [0.4, 0.5) is 18.9 Å². The van der Waals surface area contributed by atoms with Gasteiger partial charge in [-0.1, -0.05) is 12.1 Å². The summed E-state index contributed by atoms with van der Waals surface area (Å²) in [6.07, 6.45) is 0.273. The van der Waals surface area contributed by atoms with Gasteiger partial charge in [0.1, 0.15) is 21.8 Å². The number of aromatic nitrogens is 1. The van der Waals surface area contributed by atoms with Crippen LogP contribution in [0.5, 0.6) is 0 Å². The van der Waals surface area contributed by atoms with Crippen molar-refractivity contribution in [3.8, 4) is 6.07 Å². The van der Waals surface area contributed by atoms with Crippen molar-refractivity contribution in [2.75, 3.05) is 31.5 Å². The molecule has 2 N–H and O–H groups in total. The summed E-state index contributed by atoms with van der Waals surface area (Å²) >= 11 is 0.880. The molecule has 7 nitrogen and oxygen atoms in total. The lowest BCUT2D eigenvalue weighted by Gasteiger charge is -2.14. The number of nitrogens with zero attached hydrogens (tertiary/aromatic N) is 3. The zero-order valence-electron chi connectivity index (χ0n) is 18.7. The molecule has 0 radical (unpaired) electrons. The predicted octanol–water partition coefficient (Wildman–Crippen LogP) is 1.77. The Kier molecular flexibility index (Phi) is 8.52. The number of carbonyl (C=O) groups excluding carboxylic acids is 1.